The van der Waals surface area contributed by atoms with Crippen molar-refractivity contribution in [3.8, 4) is 84.8 Å². The third-order valence-corrected chi connectivity index (χ3v) is 28.6. The van der Waals surface area contributed by atoms with Gasteiger partial charge in [0.1, 0.15) is 49.7 Å². The minimum absolute atomic E-state index is 0.0513. The van der Waals surface area contributed by atoms with Crippen molar-refractivity contribution in [2.45, 2.75) is 137 Å². The van der Waals surface area contributed by atoms with E-state index in [4.69, 9.17) is 57.6 Å². The van der Waals surface area contributed by atoms with E-state index in [1.807, 2.05) is 216 Å². The second kappa shape index (κ2) is 53.6. The average molecular weight is 2090 g/mol. The lowest BCUT2D eigenvalue weighted by Crippen LogP contribution is -2.38. The maximum atomic E-state index is 12.8. The van der Waals surface area contributed by atoms with Gasteiger partial charge in [-0.25, -0.2) is 33.2 Å². The normalized spacial score (nSPS) is 12.4. The van der Waals surface area contributed by atoms with Gasteiger partial charge in [-0.2, -0.15) is 30.6 Å². The number of aliphatic hydroxyl groups is 2. The van der Waals surface area contributed by atoms with Crippen molar-refractivity contribution >= 4 is 88.7 Å². The second-order valence-electron chi connectivity index (χ2n) is 38.4. The molecule has 0 saturated carbocycles. The van der Waals surface area contributed by atoms with Crippen molar-refractivity contribution < 1.29 is 95.9 Å². The van der Waals surface area contributed by atoms with Gasteiger partial charge in [-0.3, -0.25) is 49.2 Å². The van der Waals surface area contributed by atoms with Crippen molar-refractivity contribution in [1.82, 2.24) is 59.9 Å². The van der Waals surface area contributed by atoms with Crippen LogP contribution in [0.4, 0.5) is 17.1 Å². The molecular weight excluding hydrogens is 1960 g/mol. The molecule has 3 aliphatic rings. The summed E-state index contributed by atoms with van der Waals surface area (Å²) in [5, 5.41) is 53.2. The molecule has 18 rings (SSSR count). The summed E-state index contributed by atoms with van der Waals surface area (Å²) in [5.41, 5.74) is 17.3. The number of H-pyrrole nitrogens is 3. The van der Waals surface area contributed by atoms with Crippen LogP contribution in [0, 0.1) is 0 Å². The molecule has 6 aromatic heterocycles. The standard InChI is InChI=1S/C26H31N3O5Si.2C20H17N3O4.C18H26N2O3Si.C16H24N2O2Si.C12H12N2O2/c1-32-26(31)20-10-11-24-23(14-20)28(25(30)17-34-24)16-21-15-22(19-8-6-5-7-9-19)29(27-21)18-33-12-13-35(2,3)4;1-26-20(25)14-7-8-18-17(9-14)23(19(24)12-27-18)11-15-10-16(22-21-15)13-5-3-2-4-6-13;24-11-18(25)14-6-7-19-17(8-14)23(20(26)12-27-19)10-15-9-16(22-21-15)13-4-2-1-3-5-13;1-5-23-18(21)16-13-17(15-9-7-6-8-10-15)20(19-16)14-22-11-12-24(2,3)4;1-21(2,3)10-9-20-13-18-16(11-15(12-19)17-18)14-7-5-4-6-8-14;1-2-16-12(15)11-8-10(13-14-11)9-6-4-3-5-7-9/h5-11,14-15H,12-13,16-18H2,1-4H3;2-10H,11-12H2,1H3,(H,21,22);1-9,24H,10-12H2,(H,21,22);6-10,13H,5,11-12,14H2,1-4H3;4-8,11,19H,9-10,12-13H2,1-3H3;3-8H,2H2,1H3,(H,13,14). The van der Waals surface area contributed by atoms with E-state index in [0.29, 0.717) is 127 Å². The maximum Gasteiger partial charge on any atom is 0.358 e. The molecule has 3 amide bonds. The highest BCUT2D eigenvalue weighted by molar-refractivity contribution is 6.76. The van der Waals surface area contributed by atoms with Crippen molar-refractivity contribution in [3.63, 3.8) is 0 Å². The van der Waals surface area contributed by atoms with Gasteiger partial charge in [-0.1, -0.05) is 241 Å². The lowest BCUT2D eigenvalue weighted by Gasteiger charge is -2.29. The predicted octanol–water partition coefficient (Wildman–Crippen LogP) is 19.2. The summed E-state index contributed by atoms with van der Waals surface area (Å²) in [7, 11) is -0.752. The number of esters is 4. The Kier molecular flexibility index (Phi) is 39.8. The Balaban J connectivity index is 0.000000152. The zero-order chi connectivity index (χ0) is 107. The molecule has 0 unspecified atom stereocenters. The minimum atomic E-state index is -1.20. The van der Waals surface area contributed by atoms with E-state index in [0.717, 1.165) is 104 Å². The molecule has 0 bridgehead atoms. The van der Waals surface area contributed by atoms with Gasteiger partial charge in [0.25, 0.3) is 17.7 Å². The number of ketones is 1. The zero-order valence-corrected chi connectivity index (χ0v) is 89.5. The van der Waals surface area contributed by atoms with Crippen LogP contribution in [0.3, 0.4) is 0 Å². The van der Waals surface area contributed by atoms with Crippen molar-refractivity contribution in [2.24, 2.45) is 0 Å². The smallest absolute Gasteiger partial charge is 0.358 e. The van der Waals surface area contributed by atoms with Crippen LogP contribution >= 0.6 is 0 Å². The van der Waals surface area contributed by atoms with Crippen LogP contribution < -0.4 is 28.9 Å². The number of methoxy groups -OCH3 is 2. The molecule has 9 heterocycles. The summed E-state index contributed by atoms with van der Waals surface area (Å²) in [5.74, 6) is -1.16. The summed E-state index contributed by atoms with van der Waals surface area (Å²) in [4.78, 5) is 101. The van der Waals surface area contributed by atoms with E-state index in [2.05, 4.69) is 99.7 Å². The Morgan fingerprint density at radius 2 is 0.687 bits per heavy atom. The number of Topliss-reactive ketones (excluding diaryl/α,β-unsaturated/α-hetero) is 1. The fraction of sp³-hybridized carbons (Fsp3) is 0.286. The number of rotatable bonds is 36. The molecule has 0 atom stereocenters. The molecule has 0 saturated heterocycles. The van der Waals surface area contributed by atoms with E-state index in [9.17, 15) is 43.5 Å². The predicted molar refractivity (Wildman–Crippen MR) is 579 cm³/mol. The molecule has 782 valence electrons. The third-order valence-electron chi connectivity index (χ3n) is 23.5. The zero-order valence-electron chi connectivity index (χ0n) is 86.5. The van der Waals surface area contributed by atoms with Crippen LogP contribution in [0.2, 0.25) is 77.1 Å². The van der Waals surface area contributed by atoms with E-state index in [1.165, 1.54) is 14.2 Å². The number of ether oxygens (including phenoxy) is 10. The number of amides is 3. The second-order valence-corrected chi connectivity index (χ2v) is 55.3. The molecular formula is C112H127N15O20Si3. The summed E-state index contributed by atoms with van der Waals surface area (Å²) in [6.07, 6.45) is 0. The van der Waals surface area contributed by atoms with Gasteiger partial charge in [-0.05, 0) is 140 Å². The molecule has 3 aliphatic heterocycles. The number of hydrogen-bond donors (Lipinski definition) is 5. The van der Waals surface area contributed by atoms with E-state index < -0.39 is 54.5 Å². The highest BCUT2D eigenvalue weighted by Crippen LogP contribution is 2.39. The van der Waals surface area contributed by atoms with Gasteiger partial charge in [0.2, 0.25) is 0 Å². The number of aromatic nitrogens is 12. The van der Waals surface area contributed by atoms with E-state index >= 15 is 0 Å². The maximum absolute atomic E-state index is 12.8. The fourth-order valence-electron chi connectivity index (χ4n) is 15.4. The number of aliphatic hydroxyl groups excluding tert-OH is 2. The van der Waals surface area contributed by atoms with Gasteiger partial charge in [0.15, 0.2) is 31.3 Å². The van der Waals surface area contributed by atoms with Gasteiger partial charge < -0.3 is 57.6 Å². The first-order valence-corrected chi connectivity index (χ1v) is 60.3. The van der Waals surface area contributed by atoms with Crippen LogP contribution in [0.5, 0.6) is 17.2 Å². The summed E-state index contributed by atoms with van der Waals surface area (Å²) >= 11 is 0. The first-order chi connectivity index (χ1) is 72.3. The van der Waals surface area contributed by atoms with E-state index in [1.54, 1.807) is 100.0 Å². The lowest BCUT2D eigenvalue weighted by molar-refractivity contribution is -0.122. The van der Waals surface area contributed by atoms with Gasteiger partial charge in [0.05, 0.1) is 139 Å². The summed E-state index contributed by atoms with van der Waals surface area (Å²) in [6.45, 7) is 28.4. The number of aromatic amines is 3. The van der Waals surface area contributed by atoms with Crippen molar-refractivity contribution in [2.75, 3.05) is 88.4 Å². The molecule has 0 aliphatic carbocycles. The van der Waals surface area contributed by atoms with Gasteiger partial charge >= 0.3 is 23.9 Å². The number of nitrogens with zero attached hydrogens (tertiary/aromatic N) is 12. The highest BCUT2D eigenvalue weighted by atomic mass is 28.3. The molecule has 5 N–H and O–H groups in total. The van der Waals surface area contributed by atoms with Crippen LogP contribution in [-0.4, -0.2) is 215 Å². The molecule has 0 radical (unpaired) electrons. The molecule has 0 fully saturated rings. The molecule has 35 nitrogen and oxygen atoms in total. The average Bonchev–Trinajstić information content (AvgIpc) is 1.35. The van der Waals surface area contributed by atoms with Gasteiger partial charge in [0, 0.05) is 66.3 Å². The Hall–Kier alpha value is -15.9. The van der Waals surface area contributed by atoms with Crippen LogP contribution in [0.1, 0.15) is 88.7 Å². The summed E-state index contributed by atoms with van der Waals surface area (Å²) in [6, 6.07) is 88.1. The number of fused-ring (bicyclic) bond motifs is 3. The highest BCUT2D eigenvalue weighted by Gasteiger charge is 2.33. The first kappa shape index (κ1) is 111. The van der Waals surface area contributed by atoms with Crippen LogP contribution in [-0.2, 0) is 94.0 Å². The van der Waals surface area contributed by atoms with Crippen LogP contribution in [0.15, 0.2) is 273 Å². The van der Waals surface area contributed by atoms with Crippen LogP contribution in [0.25, 0.3) is 67.5 Å². The Labute approximate surface area is 873 Å². The van der Waals surface area contributed by atoms with Crippen molar-refractivity contribution in [1.29, 1.82) is 0 Å². The number of anilines is 3. The number of benzene rings is 9. The van der Waals surface area contributed by atoms with E-state index in [-0.39, 0.29) is 63.2 Å². The largest absolute Gasteiger partial charge is 0.482 e. The number of carbonyl (C=O) groups excluding carboxylic acids is 8. The molecule has 0 spiro atoms. The third kappa shape index (κ3) is 31.8. The molecule has 9 aromatic carbocycles. The topological polar surface area (TPSA) is 419 Å². The first-order valence-electron chi connectivity index (χ1n) is 49.2. The minimum Gasteiger partial charge on any atom is -0.482 e. The SMILES string of the molecule is CCOC(=O)c1cc(-c2ccccc2)n(COCC[Si](C)(C)C)n1.CCOC(=O)c1cc(-c2ccccc2)n[nH]1.COC(=O)c1ccc2c(c1)N(Cc1cc(-c3ccccc3)n(COCC[Si](C)(C)C)n1)C(=O)CO2.COC(=O)c1ccc2c(c1)N(Cc1cc(-c3ccccc3)n[nH]1)C(=O)CO2.C[Si](C)(C)CCOCn1nc(CO)cc1-c1ccccc1.O=C(CO)c1ccc2c(c1)N(Cc1cc(-c3ccccc3)n[nH]1)C(=O)CO2. The number of hydrogen-bond acceptors (Lipinski definition) is 26. The lowest BCUT2D eigenvalue weighted by atomic mass is 10.1. The molecule has 150 heavy (non-hydrogen) atoms. The number of nitrogens with one attached hydrogen (secondary N) is 3. The number of carbonyl (C=O) groups is 8. The van der Waals surface area contributed by atoms with Gasteiger partial charge in [-0.15, -0.1) is 0 Å². The molecule has 15 aromatic rings. The Morgan fingerprint density at radius 3 is 1.05 bits per heavy atom. The fourth-order valence-corrected chi connectivity index (χ4v) is 17.7. The monoisotopic (exact) mass is 2090 g/mol. The molecule has 38 heteroatoms. The Bertz CT molecular complexity index is 6840. The summed E-state index contributed by atoms with van der Waals surface area (Å²) < 4.78 is 59.0. The van der Waals surface area contributed by atoms with Crippen molar-refractivity contribution in [3.05, 3.63) is 324 Å². The Morgan fingerprint density at radius 1 is 0.360 bits per heavy atom. The quantitative estimate of drug-likeness (QED) is 0.00800.